The monoisotopic (exact) mass is 223 g/mol. The fraction of sp³-hybridized carbons (Fsp3) is 0.500. The molecule has 5 nitrogen and oxygen atoms in total. The van der Waals surface area contributed by atoms with Gasteiger partial charge in [-0.3, -0.25) is 4.79 Å². The lowest BCUT2D eigenvalue weighted by Crippen LogP contribution is -2.48. The van der Waals surface area contributed by atoms with Crippen molar-refractivity contribution in [3.8, 4) is 0 Å². The molecule has 74 valence electrons. The van der Waals surface area contributed by atoms with E-state index in [1.807, 2.05) is 0 Å². The quantitative estimate of drug-likeness (QED) is 0.672. The number of rotatable bonds is 2. The Balaban J connectivity index is 3.16. The molecule has 1 aliphatic rings. The number of primary sulfonamides is 1. The summed E-state index contributed by atoms with van der Waals surface area (Å²) in [6, 6.07) is 0. The van der Waals surface area contributed by atoms with Crippen LogP contribution in [0.1, 0.15) is 6.92 Å². The highest BCUT2D eigenvalue weighted by atomic mass is 32.2. The summed E-state index contributed by atoms with van der Waals surface area (Å²) in [5, 5.41) is 14.1. The molecule has 0 aromatic heterocycles. The lowest BCUT2D eigenvalue weighted by Gasteiger charge is -2.23. The SMILES string of the molecule is CC1(S(N)(=O)=O)C=CSC1C(=O)O. The average molecular weight is 223 g/mol. The first-order chi connectivity index (χ1) is 5.79. The summed E-state index contributed by atoms with van der Waals surface area (Å²) in [5.41, 5.74) is 0. The van der Waals surface area contributed by atoms with Crippen molar-refractivity contribution in [3.63, 3.8) is 0 Å². The van der Waals surface area contributed by atoms with Gasteiger partial charge in [-0.25, -0.2) is 13.6 Å². The molecule has 0 bridgehead atoms. The van der Waals surface area contributed by atoms with Crippen molar-refractivity contribution in [2.24, 2.45) is 5.14 Å². The summed E-state index contributed by atoms with van der Waals surface area (Å²) in [7, 11) is -3.88. The zero-order valence-electron chi connectivity index (χ0n) is 6.80. The molecule has 2 atom stereocenters. The number of carboxylic acid groups (broad SMARTS) is 1. The van der Waals surface area contributed by atoms with Gasteiger partial charge in [-0.1, -0.05) is 6.08 Å². The van der Waals surface area contributed by atoms with Crippen LogP contribution in [0.4, 0.5) is 0 Å². The highest BCUT2D eigenvalue weighted by Crippen LogP contribution is 2.37. The first kappa shape index (κ1) is 10.6. The van der Waals surface area contributed by atoms with Gasteiger partial charge in [-0.15, -0.1) is 11.8 Å². The normalized spacial score (nSPS) is 33.5. The van der Waals surface area contributed by atoms with Crippen molar-refractivity contribution in [1.29, 1.82) is 0 Å². The van der Waals surface area contributed by atoms with Crippen molar-refractivity contribution in [3.05, 3.63) is 11.5 Å². The van der Waals surface area contributed by atoms with E-state index in [1.165, 1.54) is 18.4 Å². The van der Waals surface area contributed by atoms with Gasteiger partial charge in [-0.2, -0.15) is 0 Å². The summed E-state index contributed by atoms with van der Waals surface area (Å²) in [6.45, 7) is 1.30. The summed E-state index contributed by atoms with van der Waals surface area (Å²) < 4.78 is 20.7. The lowest BCUT2D eigenvalue weighted by atomic mass is 10.1. The molecule has 0 aliphatic carbocycles. The van der Waals surface area contributed by atoms with Gasteiger partial charge in [0.25, 0.3) is 0 Å². The van der Waals surface area contributed by atoms with Gasteiger partial charge >= 0.3 is 5.97 Å². The zero-order chi connectivity index (χ0) is 10.3. The maximum absolute atomic E-state index is 11.1. The smallest absolute Gasteiger partial charge is 0.318 e. The number of hydrogen-bond acceptors (Lipinski definition) is 4. The topological polar surface area (TPSA) is 97.5 Å². The number of sulfonamides is 1. The van der Waals surface area contributed by atoms with E-state index in [4.69, 9.17) is 10.2 Å². The summed E-state index contributed by atoms with van der Waals surface area (Å²) in [6.07, 6.45) is 1.31. The van der Waals surface area contributed by atoms with Crippen molar-refractivity contribution in [2.75, 3.05) is 0 Å². The minimum Gasteiger partial charge on any atom is -0.480 e. The Bertz CT molecular complexity index is 361. The van der Waals surface area contributed by atoms with Gasteiger partial charge < -0.3 is 5.11 Å². The molecule has 0 aromatic carbocycles. The molecule has 1 rings (SSSR count). The number of hydrogen-bond donors (Lipinski definition) is 2. The minimum absolute atomic E-state index is 0.945. The van der Waals surface area contributed by atoms with Gasteiger partial charge in [0.05, 0.1) is 0 Å². The van der Waals surface area contributed by atoms with E-state index in [9.17, 15) is 13.2 Å². The van der Waals surface area contributed by atoms with E-state index < -0.39 is 26.0 Å². The Labute approximate surface area is 80.0 Å². The molecule has 0 aromatic rings. The van der Waals surface area contributed by atoms with Gasteiger partial charge in [0, 0.05) is 0 Å². The molecule has 3 N–H and O–H groups in total. The van der Waals surface area contributed by atoms with Crippen LogP contribution in [-0.2, 0) is 14.8 Å². The van der Waals surface area contributed by atoms with Crippen LogP contribution in [-0.4, -0.2) is 29.5 Å². The van der Waals surface area contributed by atoms with Crippen molar-refractivity contribution >= 4 is 27.8 Å². The number of thioether (sulfide) groups is 1. The molecule has 0 saturated heterocycles. The predicted octanol–water partition coefficient (Wildman–Crippen LogP) is -0.253. The van der Waals surface area contributed by atoms with E-state index in [-0.39, 0.29) is 0 Å². The van der Waals surface area contributed by atoms with Crippen LogP contribution >= 0.6 is 11.8 Å². The molecule has 7 heteroatoms. The number of nitrogens with two attached hydrogens (primary N) is 1. The van der Waals surface area contributed by atoms with Crippen LogP contribution in [0.2, 0.25) is 0 Å². The predicted molar refractivity (Wildman–Crippen MR) is 49.7 cm³/mol. The van der Waals surface area contributed by atoms with Crippen molar-refractivity contribution in [2.45, 2.75) is 16.9 Å². The molecular formula is C6H9NO4S2. The number of carbonyl (C=O) groups is 1. The molecule has 0 saturated carbocycles. The van der Waals surface area contributed by atoms with Gasteiger partial charge in [0.15, 0.2) is 0 Å². The molecular weight excluding hydrogens is 214 g/mol. The zero-order valence-corrected chi connectivity index (χ0v) is 8.43. The first-order valence-corrected chi connectivity index (χ1v) is 5.86. The molecule has 0 fully saturated rings. The number of aliphatic carboxylic acids is 1. The number of carboxylic acids is 1. The molecule has 1 heterocycles. The Morgan fingerprint density at radius 1 is 1.69 bits per heavy atom. The second kappa shape index (κ2) is 3.00. The standard InChI is InChI=1S/C6H9NO4S2/c1-6(13(7,10)11)2-3-12-4(6)5(8)9/h2-4H,1H3,(H,8,9)(H2,7,10,11). The van der Waals surface area contributed by atoms with Crippen LogP contribution in [0, 0.1) is 0 Å². The fourth-order valence-corrected chi connectivity index (χ4v) is 3.32. The maximum atomic E-state index is 11.1. The van der Waals surface area contributed by atoms with Gasteiger partial charge in [-0.05, 0) is 12.3 Å². The van der Waals surface area contributed by atoms with Crippen LogP contribution in [0.5, 0.6) is 0 Å². The van der Waals surface area contributed by atoms with Crippen LogP contribution in [0.3, 0.4) is 0 Å². The van der Waals surface area contributed by atoms with Crippen LogP contribution < -0.4 is 5.14 Å². The molecule has 13 heavy (non-hydrogen) atoms. The van der Waals surface area contributed by atoms with Crippen molar-refractivity contribution in [1.82, 2.24) is 0 Å². The molecule has 0 amide bonds. The van der Waals surface area contributed by atoms with E-state index in [0.29, 0.717) is 0 Å². The Morgan fingerprint density at radius 2 is 2.23 bits per heavy atom. The van der Waals surface area contributed by atoms with Gasteiger partial charge in [0.2, 0.25) is 10.0 Å². The third kappa shape index (κ3) is 1.59. The Morgan fingerprint density at radius 3 is 2.54 bits per heavy atom. The van der Waals surface area contributed by atoms with E-state index in [0.717, 1.165) is 11.8 Å². The lowest BCUT2D eigenvalue weighted by molar-refractivity contribution is -0.136. The third-order valence-corrected chi connectivity index (χ3v) is 4.98. The fourth-order valence-electron chi connectivity index (χ4n) is 1.02. The second-order valence-corrected chi connectivity index (χ2v) is 5.87. The van der Waals surface area contributed by atoms with E-state index >= 15 is 0 Å². The molecule has 1 aliphatic heterocycles. The van der Waals surface area contributed by atoms with Crippen LogP contribution in [0.25, 0.3) is 0 Å². The second-order valence-electron chi connectivity index (χ2n) is 2.89. The van der Waals surface area contributed by atoms with E-state index in [2.05, 4.69) is 0 Å². The average Bonchev–Trinajstić information content (AvgIpc) is 2.30. The Hall–Kier alpha value is -0.530. The van der Waals surface area contributed by atoms with Crippen molar-refractivity contribution < 1.29 is 18.3 Å². The van der Waals surface area contributed by atoms with Gasteiger partial charge in [0.1, 0.15) is 10.00 Å². The van der Waals surface area contributed by atoms with E-state index in [1.54, 1.807) is 0 Å². The molecule has 2 unspecified atom stereocenters. The first-order valence-electron chi connectivity index (χ1n) is 3.37. The third-order valence-electron chi connectivity index (χ3n) is 1.97. The summed E-state index contributed by atoms with van der Waals surface area (Å²) in [4.78, 5) is 10.7. The summed E-state index contributed by atoms with van der Waals surface area (Å²) in [5.74, 6) is -1.17. The maximum Gasteiger partial charge on any atom is 0.318 e. The molecule has 0 radical (unpaired) electrons. The molecule has 0 spiro atoms. The highest BCUT2D eigenvalue weighted by Gasteiger charge is 2.49. The minimum atomic E-state index is -3.88. The highest BCUT2D eigenvalue weighted by molar-refractivity contribution is 8.05. The Kier molecular flexibility index (Phi) is 2.44. The van der Waals surface area contributed by atoms with Crippen LogP contribution in [0.15, 0.2) is 11.5 Å². The largest absolute Gasteiger partial charge is 0.480 e. The summed E-state index contributed by atoms with van der Waals surface area (Å²) >= 11 is 0.945.